The first-order valence-electron chi connectivity index (χ1n) is 5.85. The molecule has 0 bridgehead atoms. The number of amides is 1. The highest BCUT2D eigenvalue weighted by atomic mass is 19.1. The first kappa shape index (κ1) is 13.5. The lowest BCUT2D eigenvalue weighted by Crippen LogP contribution is -2.30. The van der Waals surface area contributed by atoms with E-state index in [0.29, 0.717) is 19.0 Å². The van der Waals surface area contributed by atoms with Gasteiger partial charge in [0.15, 0.2) is 0 Å². The molecule has 4 nitrogen and oxygen atoms in total. The van der Waals surface area contributed by atoms with Gasteiger partial charge in [0.1, 0.15) is 11.6 Å². The number of benzene rings is 1. The molecule has 1 fully saturated rings. The molecule has 1 aromatic rings. The van der Waals surface area contributed by atoms with E-state index in [-0.39, 0.29) is 24.0 Å². The molecule has 1 heterocycles. The third-order valence-corrected chi connectivity index (χ3v) is 3.17. The molecule has 102 valence electrons. The zero-order valence-corrected chi connectivity index (χ0v) is 10.4. The summed E-state index contributed by atoms with van der Waals surface area (Å²) in [6, 6.07) is 2.81. The maximum atomic E-state index is 13.5. The Balaban J connectivity index is 2.11. The van der Waals surface area contributed by atoms with Crippen LogP contribution in [0.3, 0.4) is 0 Å². The fourth-order valence-corrected chi connectivity index (χ4v) is 2.14. The molecule has 1 unspecified atom stereocenters. The second-order valence-corrected chi connectivity index (χ2v) is 4.38. The molecule has 0 N–H and O–H groups in total. The van der Waals surface area contributed by atoms with Crippen LogP contribution in [-0.4, -0.2) is 37.0 Å². The lowest BCUT2D eigenvalue weighted by Gasteiger charge is -2.16. The molecular formula is C13H13F2NO3. The summed E-state index contributed by atoms with van der Waals surface area (Å²) in [5.74, 6) is -2.93. The number of likely N-dealkylation sites (tertiary alicyclic amines) is 1. The van der Waals surface area contributed by atoms with E-state index >= 15 is 0 Å². The van der Waals surface area contributed by atoms with Gasteiger partial charge in [-0.25, -0.2) is 8.78 Å². The lowest BCUT2D eigenvalue weighted by molar-refractivity contribution is -0.144. The summed E-state index contributed by atoms with van der Waals surface area (Å²) in [5, 5.41) is 0. The highest BCUT2D eigenvalue weighted by molar-refractivity contribution is 5.95. The smallest absolute Gasteiger partial charge is 0.310 e. The van der Waals surface area contributed by atoms with E-state index in [4.69, 9.17) is 0 Å². The third-order valence-electron chi connectivity index (χ3n) is 3.17. The van der Waals surface area contributed by atoms with Crippen molar-refractivity contribution in [1.82, 2.24) is 4.90 Å². The molecule has 1 aliphatic rings. The monoisotopic (exact) mass is 269 g/mol. The van der Waals surface area contributed by atoms with Gasteiger partial charge in [-0.15, -0.1) is 0 Å². The van der Waals surface area contributed by atoms with E-state index in [0.717, 1.165) is 12.1 Å². The SMILES string of the molecule is COC(=O)C1CCN(C(=O)c2ccc(F)cc2F)C1. The number of carbonyl (C=O) groups is 2. The Morgan fingerprint density at radius 1 is 1.37 bits per heavy atom. The minimum Gasteiger partial charge on any atom is -0.469 e. The van der Waals surface area contributed by atoms with E-state index in [1.807, 2.05) is 0 Å². The first-order valence-corrected chi connectivity index (χ1v) is 5.85. The number of methoxy groups -OCH3 is 1. The van der Waals surface area contributed by atoms with Gasteiger partial charge in [-0.3, -0.25) is 9.59 Å². The van der Waals surface area contributed by atoms with Crippen LogP contribution in [0, 0.1) is 17.6 Å². The average Bonchev–Trinajstić information content (AvgIpc) is 2.86. The van der Waals surface area contributed by atoms with Crippen LogP contribution in [0.1, 0.15) is 16.8 Å². The number of esters is 1. The van der Waals surface area contributed by atoms with Crippen molar-refractivity contribution in [1.29, 1.82) is 0 Å². The molecule has 0 spiro atoms. The van der Waals surface area contributed by atoms with E-state index in [9.17, 15) is 18.4 Å². The minimum atomic E-state index is -0.897. The van der Waals surface area contributed by atoms with Crippen LogP contribution in [0.5, 0.6) is 0 Å². The Bertz CT molecular complexity index is 519. The van der Waals surface area contributed by atoms with Gasteiger partial charge in [0.25, 0.3) is 5.91 Å². The standard InChI is InChI=1S/C13H13F2NO3/c1-19-13(18)8-4-5-16(7-8)12(17)10-3-2-9(14)6-11(10)15/h2-3,6,8H,4-5,7H2,1H3. The molecule has 1 aliphatic heterocycles. The van der Waals surface area contributed by atoms with Crippen molar-refractivity contribution in [3.63, 3.8) is 0 Å². The molecule has 6 heteroatoms. The highest BCUT2D eigenvalue weighted by Gasteiger charge is 2.32. The summed E-state index contributed by atoms with van der Waals surface area (Å²) >= 11 is 0. The molecule has 0 aromatic heterocycles. The van der Waals surface area contributed by atoms with Crippen molar-refractivity contribution >= 4 is 11.9 Å². The van der Waals surface area contributed by atoms with Gasteiger partial charge in [-0.1, -0.05) is 0 Å². The molecule has 2 rings (SSSR count). The lowest BCUT2D eigenvalue weighted by atomic mass is 10.1. The summed E-state index contributed by atoms with van der Waals surface area (Å²) in [4.78, 5) is 24.8. The van der Waals surface area contributed by atoms with Gasteiger partial charge >= 0.3 is 5.97 Å². The van der Waals surface area contributed by atoms with Gasteiger partial charge in [-0.05, 0) is 18.6 Å². The summed E-state index contributed by atoms with van der Waals surface area (Å²) in [6.45, 7) is 0.553. The summed E-state index contributed by atoms with van der Waals surface area (Å²) in [5.41, 5.74) is -0.188. The number of rotatable bonds is 2. The Hall–Kier alpha value is -1.98. The number of carbonyl (C=O) groups excluding carboxylic acids is 2. The summed E-state index contributed by atoms with van der Waals surface area (Å²) in [6.07, 6.45) is 0.487. The maximum absolute atomic E-state index is 13.5. The van der Waals surface area contributed by atoms with Crippen molar-refractivity contribution in [2.45, 2.75) is 6.42 Å². The third kappa shape index (κ3) is 2.72. The second kappa shape index (κ2) is 5.34. The van der Waals surface area contributed by atoms with Crippen LogP contribution < -0.4 is 0 Å². The zero-order chi connectivity index (χ0) is 14.0. The largest absolute Gasteiger partial charge is 0.469 e. The van der Waals surface area contributed by atoms with Gasteiger partial charge < -0.3 is 9.64 Å². The fraction of sp³-hybridized carbons (Fsp3) is 0.385. The molecule has 19 heavy (non-hydrogen) atoms. The minimum absolute atomic E-state index is 0.188. The van der Waals surface area contributed by atoms with Crippen LogP contribution in [0.4, 0.5) is 8.78 Å². The van der Waals surface area contributed by atoms with Gasteiger partial charge in [0, 0.05) is 19.2 Å². The van der Waals surface area contributed by atoms with Crippen molar-refractivity contribution in [2.75, 3.05) is 20.2 Å². The fourth-order valence-electron chi connectivity index (χ4n) is 2.14. The predicted octanol–water partition coefficient (Wildman–Crippen LogP) is 1.60. The number of hydrogen-bond donors (Lipinski definition) is 0. The molecule has 1 amide bonds. The Morgan fingerprint density at radius 3 is 2.74 bits per heavy atom. The molecule has 1 saturated heterocycles. The van der Waals surface area contributed by atoms with Crippen LogP contribution in [0.15, 0.2) is 18.2 Å². The molecule has 1 aromatic carbocycles. The average molecular weight is 269 g/mol. The van der Waals surface area contributed by atoms with Crippen LogP contribution in [0.2, 0.25) is 0 Å². The molecular weight excluding hydrogens is 256 g/mol. The zero-order valence-electron chi connectivity index (χ0n) is 10.4. The van der Waals surface area contributed by atoms with Gasteiger partial charge in [0.05, 0.1) is 18.6 Å². The van der Waals surface area contributed by atoms with E-state index in [1.165, 1.54) is 12.0 Å². The Kier molecular flexibility index (Phi) is 3.78. The Labute approximate surface area is 109 Å². The second-order valence-electron chi connectivity index (χ2n) is 4.38. The summed E-state index contributed by atoms with van der Waals surface area (Å²) < 4.78 is 30.9. The predicted molar refractivity (Wildman–Crippen MR) is 62.4 cm³/mol. The van der Waals surface area contributed by atoms with Crippen molar-refractivity contribution in [3.8, 4) is 0 Å². The van der Waals surface area contributed by atoms with Crippen LogP contribution in [-0.2, 0) is 9.53 Å². The molecule has 0 saturated carbocycles. The first-order chi connectivity index (χ1) is 9.02. The number of halogens is 2. The Morgan fingerprint density at radius 2 is 2.11 bits per heavy atom. The van der Waals surface area contributed by atoms with Crippen molar-refractivity contribution in [2.24, 2.45) is 5.92 Å². The van der Waals surface area contributed by atoms with Crippen LogP contribution in [0.25, 0.3) is 0 Å². The molecule has 0 radical (unpaired) electrons. The van der Waals surface area contributed by atoms with E-state index in [2.05, 4.69) is 4.74 Å². The highest BCUT2D eigenvalue weighted by Crippen LogP contribution is 2.21. The number of ether oxygens (including phenoxy) is 1. The topological polar surface area (TPSA) is 46.6 Å². The van der Waals surface area contributed by atoms with E-state index < -0.39 is 17.5 Å². The van der Waals surface area contributed by atoms with Crippen molar-refractivity contribution < 1.29 is 23.1 Å². The summed E-state index contributed by atoms with van der Waals surface area (Å²) in [7, 11) is 1.28. The maximum Gasteiger partial charge on any atom is 0.310 e. The molecule has 1 atom stereocenters. The van der Waals surface area contributed by atoms with Crippen molar-refractivity contribution in [3.05, 3.63) is 35.4 Å². The quantitative estimate of drug-likeness (QED) is 0.766. The van der Waals surface area contributed by atoms with Crippen LogP contribution >= 0.6 is 0 Å². The van der Waals surface area contributed by atoms with Gasteiger partial charge in [-0.2, -0.15) is 0 Å². The molecule has 0 aliphatic carbocycles. The van der Waals surface area contributed by atoms with Gasteiger partial charge in [0.2, 0.25) is 0 Å². The van der Waals surface area contributed by atoms with E-state index in [1.54, 1.807) is 0 Å². The number of nitrogens with zero attached hydrogens (tertiary/aromatic N) is 1. The number of hydrogen-bond acceptors (Lipinski definition) is 3. The normalized spacial score (nSPS) is 18.5.